The molecule has 5 heteroatoms. The van der Waals surface area contributed by atoms with Crippen molar-refractivity contribution in [3.8, 4) is 0 Å². The van der Waals surface area contributed by atoms with Crippen LogP contribution < -0.4 is 5.32 Å². The average Bonchev–Trinajstić information content (AvgIpc) is 3.14. The lowest BCUT2D eigenvalue weighted by Crippen LogP contribution is -2.34. The summed E-state index contributed by atoms with van der Waals surface area (Å²) in [6.07, 6.45) is 1.97. The van der Waals surface area contributed by atoms with Gasteiger partial charge in [-0.25, -0.2) is 0 Å². The van der Waals surface area contributed by atoms with Gasteiger partial charge in [0.1, 0.15) is 0 Å². The number of amides is 1. The Labute approximate surface area is 143 Å². The molecule has 0 saturated heterocycles. The van der Waals surface area contributed by atoms with Crippen molar-refractivity contribution < 1.29 is 14.7 Å². The minimum atomic E-state index is -0.868. The molecule has 1 heterocycles. The molecule has 2 aliphatic rings. The van der Waals surface area contributed by atoms with E-state index < -0.39 is 23.2 Å². The molecular formula is C19H26N2O3. The number of benzene rings is 1. The molecule has 1 aliphatic heterocycles. The van der Waals surface area contributed by atoms with Crippen LogP contribution in [0.2, 0.25) is 0 Å². The first-order valence-electron chi connectivity index (χ1n) is 8.71. The molecule has 2 atom stereocenters. The zero-order chi connectivity index (χ0) is 17.3. The maximum atomic E-state index is 12.2. The molecule has 1 aromatic rings. The van der Waals surface area contributed by atoms with Crippen LogP contribution in [0.4, 0.5) is 0 Å². The number of hydrogen-bond acceptors (Lipinski definition) is 3. The number of carbonyl (C=O) groups excluding carboxylic acids is 1. The summed E-state index contributed by atoms with van der Waals surface area (Å²) in [6, 6.07) is 8.56. The maximum absolute atomic E-state index is 12.2. The molecule has 130 valence electrons. The number of nitrogens with one attached hydrogen (secondary N) is 1. The zero-order valence-electron chi connectivity index (χ0n) is 14.4. The van der Waals surface area contributed by atoms with Crippen LogP contribution in [0, 0.1) is 17.3 Å². The Kier molecular flexibility index (Phi) is 4.63. The van der Waals surface area contributed by atoms with Gasteiger partial charge in [-0.05, 0) is 29.4 Å². The summed E-state index contributed by atoms with van der Waals surface area (Å²) < 4.78 is 0. The zero-order valence-corrected chi connectivity index (χ0v) is 14.4. The van der Waals surface area contributed by atoms with Gasteiger partial charge in [0.2, 0.25) is 5.91 Å². The standard InChI is InChI=1S/C19H26N2O3/c1-19(2)15(16(19)18(23)24)17(22)20-9-5-10-21-11-8-13-6-3-4-7-14(13)12-21/h3-4,6-7,15-16H,5,8-12H2,1-2H3,(H,20,22)(H,23,24)/t15-,16+/m1/s1. The lowest BCUT2D eigenvalue weighted by atomic mass is 10.00. The average molecular weight is 330 g/mol. The number of fused-ring (bicyclic) bond motifs is 1. The van der Waals surface area contributed by atoms with Gasteiger partial charge in [0, 0.05) is 26.2 Å². The van der Waals surface area contributed by atoms with Crippen LogP contribution in [-0.4, -0.2) is 41.5 Å². The fourth-order valence-corrected chi connectivity index (χ4v) is 3.96. The highest BCUT2D eigenvalue weighted by Crippen LogP contribution is 2.58. The molecule has 1 aliphatic carbocycles. The summed E-state index contributed by atoms with van der Waals surface area (Å²) in [5.74, 6) is -1.92. The summed E-state index contributed by atoms with van der Waals surface area (Å²) in [6.45, 7) is 7.28. The smallest absolute Gasteiger partial charge is 0.307 e. The highest BCUT2D eigenvalue weighted by Gasteiger charge is 2.65. The second-order valence-corrected chi connectivity index (χ2v) is 7.55. The van der Waals surface area contributed by atoms with E-state index in [0.717, 1.165) is 32.5 Å². The number of carboxylic acids is 1. The van der Waals surface area contributed by atoms with Crippen molar-refractivity contribution in [2.75, 3.05) is 19.6 Å². The molecule has 1 fully saturated rings. The summed E-state index contributed by atoms with van der Waals surface area (Å²) >= 11 is 0. The van der Waals surface area contributed by atoms with Crippen molar-refractivity contribution in [2.45, 2.75) is 33.2 Å². The maximum Gasteiger partial charge on any atom is 0.307 e. The number of rotatable bonds is 6. The third-order valence-corrected chi connectivity index (χ3v) is 5.54. The Bertz CT molecular complexity index is 641. The predicted octanol–water partition coefficient (Wildman–Crippen LogP) is 1.91. The molecule has 0 unspecified atom stereocenters. The van der Waals surface area contributed by atoms with E-state index in [1.807, 2.05) is 13.8 Å². The second-order valence-electron chi connectivity index (χ2n) is 7.55. The van der Waals surface area contributed by atoms with Crippen LogP contribution in [0.15, 0.2) is 24.3 Å². The Balaban J connectivity index is 1.39. The monoisotopic (exact) mass is 330 g/mol. The van der Waals surface area contributed by atoms with Crippen LogP contribution in [0.5, 0.6) is 0 Å². The van der Waals surface area contributed by atoms with Crippen molar-refractivity contribution in [1.82, 2.24) is 10.2 Å². The minimum absolute atomic E-state index is 0.114. The minimum Gasteiger partial charge on any atom is -0.481 e. The Morgan fingerprint density at radius 3 is 2.62 bits per heavy atom. The molecule has 1 aromatic carbocycles. The van der Waals surface area contributed by atoms with E-state index in [4.69, 9.17) is 5.11 Å². The van der Waals surface area contributed by atoms with E-state index in [9.17, 15) is 9.59 Å². The number of aliphatic carboxylic acids is 1. The fraction of sp³-hybridized carbons (Fsp3) is 0.579. The molecule has 0 spiro atoms. The predicted molar refractivity (Wildman–Crippen MR) is 91.4 cm³/mol. The molecule has 5 nitrogen and oxygen atoms in total. The van der Waals surface area contributed by atoms with Gasteiger partial charge in [-0.15, -0.1) is 0 Å². The van der Waals surface area contributed by atoms with E-state index in [1.165, 1.54) is 11.1 Å². The van der Waals surface area contributed by atoms with Gasteiger partial charge in [-0.1, -0.05) is 38.1 Å². The molecule has 1 amide bonds. The molecule has 24 heavy (non-hydrogen) atoms. The van der Waals surface area contributed by atoms with Crippen molar-refractivity contribution in [3.63, 3.8) is 0 Å². The molecule has 3 rings (SSSR count). The largest absolute Gasteiger partial charge is 0.481 e. The normalized spacial score (nSPS) is 24.9. The van der Waals surface area contributed by atoms with Crippen molar-refractivity contribution in [1.29, 1.82) is 0 Å². The van der Waals surface area contributed by atoms with Gasteiger partial charge in [0.15, 0.2) is 0 Å². The van der Waals surface area contributed by atoms with Gasteiger partial charge in [-0.3, -0.25) is 14.5 Å². The van der Waals surface area contributed by atoms with Crippen LogP contribution >= 0.6 is 0 Å². The van der Waals surface area contributed by atoms with Crippen LogP contribution in [0.25, 0.3) is 0 Å². The van der Waals surface area contributed by atoms with Crippen LogP contribution in [0.3, 0.4) is 0 Å². The Morgan fingerprint density at radius 2 is 1.96 bits per heavy atom. The summed E-state index contributed by atoms with van der Waals surface area (Å²) in [7, 11) is 0. The summed E-state index contributed by atoms with van der Waals surface area (Å²) in [4.78, 5) is 25.7. The number of carboxylic acid groups (broad SMARTS) is 1. The second kappa shape index (κ2) is 6.55. The number of hydrogen-bond donors (Lipinski definition) is 2. The molecule has 1 saturated carbocycles. The fourth-order valence-electron chi connectivity index (χ4n) is 3.96. The van der Waals surface area contributed by atoms with Gasteiger partial charge >= 0.3 is 5.97 Å². The van der Waals surface area contributed by atoms with Crippen LogP contribution in [0.1, 0.15) is 31.4 Å². The van der Waals surface area contributed by atoms with Crippen molar-refractivity contribution >= 4 is 11.9 Å². The number of carbonyl (C=O) groups is 2. The van der Waals surface area contributed by atoms with E-state index in [2.05, 4.69) is 34.5 Å². The molecular weight excluding hydrogens is 304 g/mol. The lowest BCUT2D eigenvalue weighted by molar-refractivity contribution is -0.140. The summed E-state index contributed by atoms with van der Waals surface area (Å²) in [5, 5.41) is 12.1. The van der Waals surface area contributed by atoms with Gasteiger partial charge in [0.05, 0.1) is 11.8 Å². The van der Waals surface area contributed by atoms with E-state index >= 15 is 0 Å². The van der Waals surface area contributed by atoms with Crippen molar-refractivity contribution in [3.05, 3.63) is 35.4 Å². The highest BCUT2D eigenvalue weighted by molar-refractivity contribution is 5.91. The lowest BCUT2D eigenvalue weighted by Gasteiger charge is -2.28. The van der Waals surface area contributed by atoms with Gasteiger partial charge in [0.25, 0.3) is 0 Å². The Morgan fingerprint density at radius 1 is 1.25 bits per heavy atom. The van der Waals surface area contributed by atoms with E-state index in [-0.39, 0.29) is 5.91 Å². The molecule has 0 radical (unpaired) electrons. The molecule has 0 aromatic heterocycles. The van der Waals surface area contributed by atoms with Crippen LogP contribution in [-0.2, 0) is 22.6 Å². The molecule has 0 bridgehead atoms. The topological polar surface area (TPSA) is 69.6 Å². The van der Waals surface area contributed by atoms with E-state index in [0.29, 0.717) is 6.54 Å². The van der Waals surface area contributed by atoms with Crippen molar-refractivity contribution in [2.24, 2.45) is 17.3 Å². The first kappa shape index (κ1) is 17.0. The van der Waals surface area contributed by atoms with E-state index in [1.54, 1.807) is 0 Å². The first-order chi connectivity index (χ1) is 11.4. The SMILES string of the molecule is CC1(C)[C@H](C(=O)O)[C@@H]1C(=O)NCCCN1CCc2ccccc2C1. The quantitative estimate of drug-likeness (QED) is 0.782. The summed E-state index contributed by atoms with van der Waals surface area (Å²) in [5.41, 5.74) is 2.42. The third kappa shape index (κ3) is 3.31. The third-order valence-electron chi connectivity index (χ3n) is 5.54. The number of nitrogens with zero attached hydrogens (tertiary/aromatic N) is 1. The first-order valence-corrected chi connectivity index (χ1v) is 8.71. The van der Waals surface area contributed by atoms with Gasteiger partial charge in [-0.2, -0.15) is 0 Å². The highest BCUT2D eigenvalue weighted by atomic mass is 16.4. The molecule has 2 N–H and O–H groups in total. The Hall–Kier alpha value is -1.88. The van der Waals surface area contributed by atoms with Gasteiger partial charge < -0.3 is 10.4 Å².